The number of carbonyl (C=O) groups excluding carboxylic acids is 1. The topological polar surface area (TPSA) is 32.3 Å². The first-order chi connectivity index (χ1) is 9.78. The summed E-state index contributed by atoms with van der Waals surface area (Å²) >= 11 is 0. The Hall–Kier alpha value is -0.570. The number of carbonyl (C=O) groups is 1. The summed E-state index contributed by atoms with van der Waals surface area (Å²) in [6, 6.07) is 1.34. The summed E-state index contributed by atoms with van der Waals surface area (Å²) in [5, 5.41) is 3.32. The molecule has 0 spiro atoms. The van der Waals surface area contributed by atoms with Crippen molar-refractivity contribution < 1.29 is 4.79 Å². The minimum Gasteiger partial charge on any atom is -0.353 e. The lowest BCUT2D eigenvalue weighted by atomic mass is 9.86. The summed E-state index contributed by atoms with van der Waals surface area (Å²) in [6.07, 6.45) is 11.5. The molecular weight excluding hydrogens is 248 g/mol. The lowest BCUT2D eigenvalue weighted by molar-refractivity contribution is -0.123. The largest absolute Gasteiger partial charge is 0.353 e. The molecule has 2 bridgehead atoms. The Morgan fingerprint density at radius 3 is 2.40 bits per heavy atom. The fourth-order valence-electron chi connectivity index (χ4n) is 5.00. The van der Waals surface area contributed by atoms with Crippen molar-refractivity contribution in [2.24, 2.45) is 17.8 Å². The molecule has 0 radical (unpaired) electrons. The molecular formula is C17H28N2O. The summed E-state index contributed by atoms with van der Waals surface area (Å²) in [5.74, 6) is 2.88. The van der Waals surface area contributed by atoms with E-state index in [0.29, 0.717) is 17.9 Å². The number of hydrogen-bond acceptors (Lipinski definition) is 2. The van der Waals surface area contributed by atoms with Crippen LogP contribution in [0.25, 0.3) is 0 Å². The van der Waals surface area contributed by atoms with E-state index in [0.717, 1.165) is 24.3 Å². The summed E-state index contributed by atoms with van der Waals surface area (Å²) in [7, 11) is 0. The molecule has 1 saturated heterocycles. The van der Waals surface area contributed by atoms with E-state index in [-0.39, 0.29) is 0 Å². The van der Waals surface area contributed by atoms with E-state index in [1.54, 1.807) is 0 Å². The van der Waals surface area contributed by atoms with Crippen LogP contribution in [0.3, 0.4) is 0 Å². The highest BCUT2D eigenvalue weighted by molar-refractivity contribution is 5.76. The lowest BCUT2D eigenvalue weighted by Gasteiger charge is -2.32. The maximum atomic E-state index is 12.2. The molecule has 3 atom stereocenters. The second-order valence-electron chi connectivity index (χ2n) is 7.75. The Bertz CT molecular complexity index is 371. The first kappa shape index (κ1) is 13.1. The Balaban J connectivity index is 1.20. The van der Waals surface area contributed by atoms with Gasteiger partial charge in [0.1, 0.15) is 0 Å². The van der Waals surface area contributed by atoms with Crippen molar-refractivity contribution >= 4 is 5.91 Å². The molecule has 1 amide bonds. The van der Waals surface area contributed by atoms with Gasteiger partial charge in [0.25, 0.3) is 0 Å². The van der Waals surface area contributed by atoms with E-state index in [1.165, 1.54) is 64.5 Å². The second-order valence-corrected chi connectivity index (χ2v) is 7.75. The number of nitrogens with zero attached hydrogens (tertiary/aromatic N) is 1. The predicted molar refractivity (Wildman–Crippen MR) is 79.3 cm³/mol. The van der Waals surface area contributed by atoms with Gasteiger partial charge >= 0.3 is 0 Å². The van der Waals surface area contributed by atoms with Crippen molar-refractivity contribution in [2.45, 2.75) is 69.9 Å². The molecule has 112 valence electrons. The molecule has 1 N–H and O–H groups in total. The number of amides is 1. The van der Waals surface area contributed by atoms with Gasteiger partial charge in [0.05, 0.1) is 0 Å². The van der Waals surface area contributed by atoms with Crippen LogP contribution in [0.2, 0.25) is 0 Å². The molecule has 4 fully saturated rings. The van der Waals surface area contributed by atoms with E-state index in [1.807, 2.05) is 0 Å². The minimum atomic E-state index is 0.340. The van der Waals surface area contributed by atoms with Crippen LogP contribution in [0.1, 0.15) is 57.8 Å². The van der Waals surface area contributed by atoms with Crippen LogP contribution in [0.5, 0.6) is 0 Å². The number of likely N-dealkylation sites (tertiary alicyclic amines) is 1. The second kappa shape index (κ2) is 5.32. The fraction of sp³-hybridized carbons (Fsp3) is 0.941. The van der Waals surface area contributed by atoms with Crippen LogP contribution in [-0.2, 0) is 4.79 Å². The average Bonchev–Trinajstić information content (AvgIpc) is 3.09. The van der Waals surface area contributed by atoms with Crippen LogP contribution in [0, 0.1) is 17.8 Å². The maximum absolute atomic E-state index is 12.2. The van der Waals surface area contributed by atoms with Crippen molar-refractivity contribution in [3.63, 3.8) is 0 Å². The summed E-state index contributed by atoms with van der Waals surface area (Å²) < 4.78 is 0. The molecule has 0 aromatic rings. The third-order valence-electron chi connectivity index (χ3n) is 6.29. The Kier molecular flexibility index (Phi) is 3.49. The molecule has 3 saturated carbocycles. The number of hydrogen-bond donors (Lipinski definition) is 1. The highest BCUT2D eigenvalue weighted by Crippen LogP contribution is 2.49. The van der Waals surface area contributed by atoms with Crippen molar-refractivity contribution in [3.8, 4) is 0 Å². The zero-order valence-electron chi connectivity index (χ0n) is 12.5. The quantitative estimate of drug-likeness (QED) is 0.856. The van der Waals surface area contributed by atoms with Gasteiger partial charge in [-0.25, -0.2) is 0 Å². The number of fused-ring (bicyclic) bond motifs is 2. The van der Waals surface area contributed by atoms with Gasteiger partial charge in [-0.15, -0.1) is 0 Å². The Labute approximate surface area is 122 Å². The third-order valence-corrected chi connectivity index (χ3v) is 6.29. The zero-order valence-corrected chi connectivity index (χ0v) is 12.5. The van der Waals surface area contributed by atoms with Crippen molar-refractivity contribution in [2.75, 3.05) is 13.1 Å². The van der Waals surface area contributed by atoms with Gasteiger partial charge in [-0.2, -0.15) is 0 Å². The molecule has 4 aliphatic rings. The van der Waals surface area contributed by atoms with Gasteiger partial charge in [-0.05, 0) is 62.7 Å². The molecule has 0 unspecified atom stereocenters. The maximum Gasteiger partial charge on any atom is 0.220 e. The van der Waals surface area contributed by atoms with Crippen LogP contribution in [0.4, 0.5) is 0 Å². The first-order valence-electron chi connectivity index (χ1n) is 8.81. The molecule has 3 heteroatoms. The van der Waals surface area contributed by atoms with Crippen molar-refractivity contribution in [3.05, 3.63) is 0 Å². The SMILES string of the molecule is O=C(C[C@@H]1C[C@H]2CC[C@H]1C2)NC1CCN(C2CC2)CC1. The van der Waals surface area contributed by atoms with Crippen LogP contribution < -0.4 is 5.32 Å². The summed E-state index contributed by atoms with van der Waals surface area (Å²) in [6.45, 7) is 2.40. The summed E-state index contributed by atoms with van der Waals surface area (Å²) in [4.78, 5) is 14.9. The van der Waals surface area contributed by atoms with Gasteiger partial charge in [0, 0.05) is 31.6 Å². The monoisotopic (exact) mass is 276 g/mol. The molecule has 20 heavy (non-hydrogen) atoms. The zero-order chi connectivity index (χ0) is 13.5. The molecule has 0 aromatic heterocycles. The summed E-state index contributed by atoms with van der Waals surface area (Å²) in [5.41, 5.74) is 0. The minimum absolute atomic E-state index is 0.340. The average molecular weight is 276 g/mol. The molecule has 3 aliphatic carbocycles. The molecule has 3 nitrogen and oxygen atoms in total. The molecule has 0 aromatic carbocycles. The number of nitrogens with one attached hydrogen (secondary N) is 1. The van der Waals surface area contributed by atoms with E-state index in [4.69, 9.17) is 0 Å². The third kappa shape index (κ3) is 2.74. The normalized spacial score (nSPS) is 38.3. The standard InChI is InChI=1S/C17H28N2O/c20-17(11-14-10-12-1-2-13(14)9-12)18-15-5-7-19(8-6-15)16-3-4-16/h12-16H,1-11H2,(H,18,20)/t12-,13-,14-/m0/s1. The molecule has 1 aliphatic heterocycles. The Morgan fingerprint density at radius 2 is 1.80 bits per heavy atom. The highest BCUT2D eigenvalue weighted by Gasteiger charge is 2.40. The smallest absolute Gasteiger partial charge is 0.220 e. The number of piperidine rings is 1. The van der Waals surface area contributed by atoms with Crippen molar-refractivity contribution in [1.82, 2.24) is 10.2 Å². The lowest BCUT2D eigenvalue weighted by Crippen LogP contribution is -2.45. The fourth-order valence-corrected chi connectivity index (χ4v) is 5.00. The van der Waals surface area contributed by atoms with E-state index < -0.39 is 0 Å². The van der Waals surface area contributed by atoms with Gasteiger partial charge in [0.2, 0.25) is 5.91 Å². The van der Waals surface area contributed by atoms with Crippen LogP contribution in [-0.4, -0.2) is 36.0 Å². The van der Waals surface area contributed by atoms with E-state index in [2.05, 4.69) is 10.2 Å². The van der Waals surface area contributed by atoms with Crippen LogP contribution >= 0.6 is 0 Å². The van der Waals surface area contributed by atoms with Crippen molar-refractivity contribution in [1.29, 1.82) is 0 Å². The predicted octanol–water partition coefficient (Wildman–Crippen LogP) is 2.56. The first-order valence-corrected chi connectivity index (χ1v) is 8.81. The van der Waals surface area contributed by atoms with Gasteiger partial charge < -0.3 is 10.2 Å². The number of rotatable bonds is 4. The Morgan fingerprint density at radius 1 is 1.00 bits per heavy atom. The van der Waals surface area contributed by atoms with Gasteiger partial charge in [-0.3, -0.25) is 4.79 Å². The van der Waals surface area contributed by atoms with Gasteiger partial charge in [-0.1, -0.05) is 6.42 Å². The molecule has 4 rings (SSSR count). The van der Waals surface area contributed by atoms with Crippen LogP contribution in [0.15, 0.2) is 0 Å². The van der Waals surface area contributed by atoms with Gasteiger partial charge in [0.15, 0.2) is 0 Å². The van der Waals surface area contributed by atoms with E-state index in [9.17, 15) is 4.79 Å². The van der Waals surface area contributed by atoms with E-state index >= 15 is 0 Å². The highest BCUT2D eigenvalue weighted by atomic mass is 16.1. The molecule has 1 heterocycles.